The van der Waals surface area contributed by atoms with Gasteiger partial charge in [-0.25, -0.2) is 9.69 Å². The predicted molar refractivity (Wildman–Crippen MR) is 78.5 cm³/mol. The van der Waals surface area contributed by atoms with Crippen molar-refractivity contribution in [3.63, 3.8) is 0 Å². The van der Waals surface area contributed by atoms with Gasteiger partial charge < -0.3 is 19.3 Å². The molecule has 0 saturated heterocycles. The lowest BCUT2D eigenvalue weighted by molar-refractivity contribution is 0.0582. The maximum atomic E-state index is 12.0. The summed E-state index contributed by atoms with van der Waals surface area (Å²) in [5.41, 5.74) is 0.155. The molecule has 0 aliphatic carbocycles. The molecule has 0 bridgehead atoms. The number of carbonyl (C=O) groups is 1. The van der Waals surface area contributed by atoms with Crippen LogP contribution in [0, 0.1) is 0 Å². The molecule has 7 nitrogen and oxygen atoms in total. The van der Waals surface area contributed by atoms with Gasteiger partial charge in [0, 0.05) is 7.05 Å². The highest BCUT2D eigenvalue weighted by molar-refractivity contribution is 6.59. The van der Waals surface area contributed by atoms with Crippen LogP contribution < -0.4 is 10.4 Å². The van der Waals surface area contributed by atoms with Crippen LogP contribution in [0.1, 0.15) is 20.8 Å². The fourth-order valence-electron chi connectivity index (χ4n) is 1.76. The number of fused-ring (bicyclic) bond motifs is 1. The Kier molecular flexibility index (Phi) is 3.93. The Balaban J connectivity index is 2.37. The van der Waals surface area contributed by atoms with E-state index in [0.29, 0.717) is 10.9 Å². The van der Waals surface area contributed by atoms with Crippen molar-refractivity contribution in [2.24, 2.45) is 0 Å². The minimum absolute atomic E-state index is 0.182. The van der Waals surface area contributed by atoms with Crippen molar-refractivity contribution in [3.8, 4) is 0 Å². The largest absolute Gasteiger partial charge is 0.488 e. The topological polar surface area (TPSA) is 96.0 Å². The summed E-state index contributed by atoms with van der Waals surface area (Å²) in [6.45, 7) is 5.28. The van der Waals surface area contributed by atoms with Crippen LogP contribution in [0.5, 0.6) is 0 Å². The van der Waals surface area contributed by atoms with Gasteiger partial charge in [0.05, 0.1) is 5.39 Å². The van der Waals surface area contributed by atoms with E-state index in [4.69, 9.17) is 9.26 Å². The normalized spacial score (nSPS) is 11.5. The lowest BCUT2D eigenvalue weighted by Gasteiger charge is -2.23. The lowest BCUT2D eigenvalue weighted by atomic mass is 9.80. The van der Waals surface area contributed by atoms with Crippen LogP contribution in [0.4, 0.5) is 10.7 Å². The number of nitrogens with zero attached hydrogens (tertiary/aromatic N) is 2. The standard InChI is InChI=1S/C13H17BN2O5/c1-13(2,3)20-12(17)16(4)11-9-7-8(14(18)19)5-6-10(9)15-21-11/h5-7,18-19H,1-4H3. The van der Waals surface area contributed by atoms with Crippen LogP contribution in [0.3, 0.4) is 0 Å². The summed E-state index contributed by atoms with van der Waals surface area (Å²) in [7, 11) is -0.111. The second-order valence-corrected chi connectivity index (χ2v) is 5.68. The molecule has 1 aromatic carbocycles. The molecule has 8 heteroatoms. The van der Waals surface area contributed by atoms with Gasteiger partial charge in [-0.2, -0.15) is 0 Å². The van der Waals surface area contributed by atoms with E-state index < -0.39 is 18.8 Å². The highest BCUT2D eigenvalue weighted by atomic mass is 16.6. The van der Waals surface area contributed by atoms with Gasteiger partial charge in [0.15, 0.2) is 0 Å². The highest BCUT2D eigenvalue weighted by Gasteiger charge is 2.25. The fraction of sp³-hybridized carbons (Fsp3) is 0.385. The van der Waals surface area contributed by atoms with Crippen molar-refractivity contribution in [2.45, 2.75) is 26.4 Å². The zero-order chi connectivity index (χ0) is 15.8. The molecule has 2 aromatic rings. The molecule has 0 radical (unpaired) electrons. The zero-order valence-electron chi connectivity index (χ0n) is 12.3. The molecule has 1 aromatic heterocycles. The van der Waals surface area contributed by atoms with Crippen LogP contribution in [0.2, 0.25) is 0 Å². The number of aromatic nitrogens is 1. The maximum absolute atomic E-state index is 12.0. The van der Waals surface area contributed by atoms with Gasteiger partial charge in [-0.3, -0.25) is 0 Å². The van der Waals surface area contributed by atoms with Crippen molar-refractivity contribution < 1.29 is 24.1 Å². The van der Waals surface area contributed by atoms with E-state index in [2.05, 4.69) is 5.16 Å². The molecule has 1 amide bonds. The summed E-state index contributed by atoms with van der Waals surface area (Å²) >= 11 is 0. The lowest BCUT2D eigenvalue weighted by Crippen LogP contribution is -2.34. The molecular weight excluding hydrogens is 275 g/mol. The molecule has 0 aliphatic rings. The molecule has 0 atom stereocenters. The minimum atomic E-state index is -1.61. The number of anilines is 1. The van der Waals surface area contributed by atoms with E-state index in [0.717, 1.165) is 0 Å². The van der Waals surface area contributed by atoms with Crippen molar-refractivity contribution in [3.05, 3.63) is 18.2 Å². The SMILES string of the molecule is CN(C(=O)OC(C)(C)C)c1onc2ccc(B(O)O)cc12. The Morgan fingerprint density at radius 3 is 2.62 bits per heavy atom. The van der Waals surface area contributed by atoms with E-state index in [1.165, 1.54) is 24.1 Å². The molecule has 0 saturated carbocycles. The average Bonchev–Trinajstić information content (AvgIpc) is 2.78. The predicted octanol–water partition coefficient (Wildman–Crippen LogP) is 0.879. The van der Waals surface area contributed by atoms with Gasteiger partial charge in [-0.15, -0.1) is 0 Å². The summed E-state index contributed by atoms with van der Waals surface area (Å²) in [4.78, 5) is 13.2. The zero-order valence-corrected chi connectivity index (χ0v) is 12.3. The highest BCUT2D eigenvalue weighted by Crippen LogP contribution is 2.26. The number of hydrogen-bond donors (Lipinski definition) is 2. The van der Waals surface area contributed by atoms with Crippen LogP contribution >= 0.6 is 0 Å². The first-order chi connectivity index (χ1) is 9.69. The number of amides is 1. The van der Waals surface area contributed by atoms with Gasteiger partial charge >= 0.3 is 13.2 Å². The van der Waals surface area contributed by atoms with E-state index in [9.17, 15) is 14.8 Å². The summed E-state index contributed by atoms with van der Waals surface area (Å²) < 4.78 is 10.4. The van der Waals surface area contributed by atoms with Crippen LogP contribution in [-0.4, -0.2) is 41.1 Å². The van der Waals surface area contributed by atoms with Crippen LogP contribution in [-0.2, 0) is 4.74 Å². The summed E-state index contributed by atoms with van der Waals surface area (Å²) in [5, 5.41) is 22.7. The Bertz CT molecular complexity index is 662. The Hall–Kier alpha value is -2.06. The Morgan fingerprint density at radius 2 is 2.05 bits per heavy atom. The van der Waals surface area contributed by atoms with Crippen molar-refractivity contribution in [2.75, 3.05) is 11.9 Å². The monoisotopic (exact) mass is 292 g/mol. The molecular formula is C13H17BN2O5. The van der Waals surface area contributed by atoms with E-state index in [1.807, 2.05) is 0 Å². The van der Waals surface area contributed by atoms with Gasteiger partial charge in [0.1, 0.15) is 11.1 Å². The molecule has 21 heavy (non-hydrogen) atoms. The maximum Gasteiger partial charge on any atom is 0.488 e. The molecule has 2 N–H and O–H groups in total. The first-order valence-corrected chi connectivity index (χ1v) is 6.41. The molecule has 2 rings (SSSR count). The molecule has 0 unspecified atom stereocenters. The Labute approximate surface area is 122 Å². The number of hydrogen-bond acceptors (Lipinski definition) is 6. The minimum Gasteiger partial charge on any atom is -0.443 e. The number of carbonyl (C=O) groups excluding carboxylic acids is 1. The number of ether oxygens (including phenoxy) is 1. The molecule has 0 spiro atoms. The van der Waals surface area contributed by atoms with E-state index in [-0.39, 0.29) is 11.3 Å². The number of benzene rings is 1. The second kappa shape index (κ2) is 5.38. The third kappa shape index (κ3) is 3.34. The van der Waals surface area contributed by atoms with Crippen molar-refractivity contribution in [1.29, 1.82) is 0 Å². The first kappa shape index (κ1) is 15.3. The van der Waals surface area contributed by atoms with E-state index >= 15 is 0 Å². The van der Waals surface area contributed by atoms with Gasteiger partial charge in [-0.1, -0.05) is 11.2 Å². The van der Waals surface area contributed by atoms with Gasteiger partial charge in [0.25, 0.3) is 0 Å². The quantitative estimate of drug-likeness (QED) is 0.798. The third-order valence-corrected chi connectivity index (χ3v) is 2.75. The summed E-state index contributed by atoms with van der Waals surface area (Å²) in [6.07, 6.45) is -0.587. The second-order valence-electron chi connectivity index (χ2n) is 5.68. The van der Waals surface area contributed by atoms with Gasteiger partial charge in [0.2, 0.25) is 5.88 Å². The van der Waals surface area contributed by atoms with Crippen LogP contribution in [0.15, 0.2) is 22.7 Å². The molecule has 112 valence electrons. The van der Waals surface area contributed by atoms with Gasteiger partial charge in [-0.05, 0) is 38.4 Å². The third-order valence-electron chi connectivity index (χ3n) is 2.75. The molecule has 1 heterocycles. The average molecular weight is 292 g/mol. The molecule has 0 fully saturated rings. The van der Waals surface area contributed by atoms with Crippen LogP contribution in [0.25, 0.3) is 10.9 Å². The Morgan fingerprint density at radius 1 is 1.38 bits per heavy atom. The smallest absolute Gasteiger partial charge is 0.443 e. The van der Waals surface area contributed by atoms with E-state index in [1.54, 1.807) is 26.8 Å². The number of rotatable bonds is 2. The van der Waals surface area contributed by atoms with Crippen molar-refractivity contribution in [1.82, 2.24) is 5.16 Å². The summed E-state index contributed by atoms with van der Waals surface area (Å²) in [5.74, 6) is 0.182. The summed E-state index contributed by atoms with van der Waals surface area (Å²) in [6, 6.07) is 4.61. The molecule has 0 aliphatic heterocycles. The first-order valence-electron chi connectivity index (χ1n) is 6.41. The van der Waals surface area contributed by atoms with Crippen molar-refractivity contribution >= 4 is 35.5 Å². The fourth-order valence-corrected chi connectivity index (χ4v) is 1.76.